The third-order valence-electron chi connectivity index (χ3n) is 3.06. The molecule has 1 aromatic heterocycles. The fraction of sp³-hybridized carbons (Fsp3) is 0.583. The van der Waals surface area contributed by atoms with E-state index in [1.165, 1.54) is 11.3 Å². The Labute approximate surface area is 110 Å². The number of hydrogen-bond donors (Lipinski definition) is 1. The van der Waals surface area contributed by atoms with Crippen molar-refractivity contribution in [2.24, 2.45) is 11.3 Å². The third kappa shape index (κ3) is 3.59. The SMILES string of the molecule is CC(C)C(C)(C)CNC(=O)c1ccc(Br)s1. The standard InChI is InChI=1S/C12H18BrNOS/c1-8(2)12(3,4)7-14-11(15)9-5-6-10(13)16-9/h5-6,8H,7H2,1-4H3,(H,14,15). The molecule has 1 heterocycles. The second-order valence-corrected chi connectivity index (χ2v) is 7.39. The largest absolute Gasteiger partial charge is 0.351 e. The molecule has 0 bridgehead atoms. The number of nitrogens with one attached hydrogen (secondary N) is 1. The Morgan fingerprint density at radius 2 is 2.12 bits per heavy atom. The Hall–Kier alpha value is -0.350. The summed E-state index contributed by atoms with van der Waals surface area (Å²) in [6.07, 6.45) is 0. The number of hydrogen-bond acceptors (Lipinski definition) is 2. The van der Waals surface area contributed by atoms with Gasteiger partial charge in [-0.2, -0.15) is 0 Å². The summed E-state index contributed by atoms with van der Waals surface area (Å²) >= 11 is 4.81. The fourth-order valence-corrected chi connectivity index (χ4v) is 2.34. The van der Waals surface area contributed by atoms with Crippen molar-refractivity contribution in [2.45, 2.75) is 27.7 Å². The summed E-state index contributed by atoms with van der Waals surface area (Å²) in [5, 5.41) is 2.98. The highest BCUT2D eigenvalue weighted by molar-refractivity contribution is 9.11. The molecule has 1 rings (SSSR count). The van der Waals surface area contributed by atoms with Crippen LogP contribution in [0.1, 0.15) is 37.4 Å². The minimum atomic E-state index is 0.0180. The van der Waals surface area contributed by atoms with Crippen molar-refractivity contribution in [3.05, 3.63) is 20.8 Å². The second-order valence-electron chi connectivity index (χ2n) is 4.93. The van der Waals surface area contributed by atoms with E-state index in [1.807, 2.05) is 12.1 Å². The third-order valence-corrected chi connectivity index (χ3v) is 4.69. The number of carbonyl (C=O) groups excluding carboxylic acids is 1. The van der Waals surface area contributed by atoms with Crippen LogP contribution in [-0.2, 0) is 0 Å². The smallest absolute Gasteiger partial charge is 0.261 e. The van der Waals surface area contributed by atoms with Gasteiger partial charge in [-0.25, -0.2) is 0 Å². The molecule has 0 radical (unpaired) electrons. The predicted molar refractivity (Wildman–Crippen MR) is 73.0 cm³/mol. The Bertz CT molecular complexity index is 371. The van der Waals surface area contributed by atoms with Gasteiger partial charge < -0.3 is 5.32 Å². The van der Waals surface area contributed by atoms with Gasteiger partial charge in [0.25, 0.3) is 5.91 Å². The lowest BCUT2D eigenvalue weighted by atomic mass is 9.81. The number of amides is 1. The van der Waals surface area contributed by atoms with Crippen LogP contribution >= 0.6 is 27.3 Å². The van der Waals surface area contributed by atoms with E-state index in [-0.39, 0.29) is 11.3 Å². The van der Waals surface area contributed by atoms with Crippen LogP contribution in [0.3, 0.4) is 0 Å². The van der Waals surface area contributed by atoms with Crippen molar-refractivity contribution in [1.29, 1.82) is 0 Å². The lowest BCUT2D eigenvalue weighted by molar-refractivity contribution is 0.0929. The van der Waals surface area contributed by atoms with Crippen molar-refractivity contribution >= 4 is 33.2 Å². The zero-order valence-corrected chi connectivity index (χ0v) is 12.5. The molecule has 0 aromatic carbocycles. The summed E-state index contributed by atoms with van der Waals surface area (Å²) in [4.78, 5) is 12.6. The second kappa shape index (κ2) is 5.32. The molecule has 0 unspecified atom stereocenters. The first-order valence-electron chi connectivity index (χ1n) is 5.36. The predicted octanol–water partition coefficient (Wildman–Crippen LogP) is 3.92. The Kier molecular flexibility index (Phi) is 4.56. The molecule has 1 aromatic rings. The number of thiophene rings is 1. The van der Waals surface area contributed by atoms with Crippen LogP contribution in [0.4, 0.5) is 0 Å². The number of halogens is 1. The maximum absolute atomic E-state index is 11.8. The molecule has 16 heavy (non-hydrogen) atoms. The molecule has 0 aliphatic carbocycles. The Morgan fingerprint density at radius 1 is 1.50 bits per heavy atom. The van der Waals surface area contributed by atoms with E-state index in [9.17, 15) is 4.79 Å². The van der Waals surface area contributed by atoms with E-state index in [2.05, 4.69) is 48.9 Å². The minimum absolute atomic E-state index is 0.0180. The highest BCUT2D eigenvalue weighted by Crippen LogP contribution is 2.25. The lowest BCUT2D eigenvalue weighted by Crippen LogP contribution is -2.36. The molecule has 0 saturated carbocycles. The first-order valence-corrected chi connectivity index (χ1v) is 6.97. The van der Waals surface area contributed by atoms with Crippen LogP contribution < -0.4 is 5.32 Å². The van der Waals surface area contributed by atoms with E-state index >= 15 is 0 Å². The average Bonchev–Trinajstić information content (AvgIpc) is 2.61. The van der Waals surface area contributed by atoms with Crippen molar-refractivity contribution in [3.8, 4) is 0 Å². The molecule has 0 fully saturated rings. The van der Waals surface area contributed by atoms with Gasteiger partial charge in [-0.1, -0.05) is 27.7 Å². The first-order chi connectivity index (χ1) is 7.33. The molecular weight excluding hydrogens is 286 g/mol. The van der Waals surface area contributed by atoms with Crippen molar-refractivity contribution in [3.63, 3.8) is 0 Å². The summed E-state index contributed by atoms with van der Waals surface area (Å²) in [6.45, 7) is 9.39. The van der Waals surface area contributed by atoms with Gasteiger partial charge >= 0.3 is 0 Å². The summed E-state index contributed by atoms with van der Waals surface area (Å²) in [7, 11) is 0. The van der Waals surface area contributed by atoms with E-state index in [1.54, 1.807) is 0 Å². The summed E-state index contributed by atoms with van der Waals surface area (Å²) in [5.74, 6) is 0.562. The molecule has 1 N–H and O–H groups in total. The zero-order valence-electron chi connectivity index (χ0n) is 10.1. The molecule has 2 nitrogen and oxygen atoms in total. The quantitative estimate of drug-likeness (QED) is 0.897. The van der Waals surface area contributed by atoms with Crippen molar-refractivity contribution in [2.75, 3.05) is 6.54 Å². The van der Waals surface area contributed by atoms with Crippen LogP contribution in [0.15, 0.2) is 15.9 Å². The van der Waals surface area contributed by atoms with Gasteiger partial charge in [0.05, 0.1) is 8.66 Å². The summed E-state index contributed by atoms with van der Waals surface area (Å²) in [5.41, 5.74) is 0.129. The van der Waals surface area contributed by atoms with Crippen LogP contribution in [0.25, 0.3) is 0 Å². The molecule has 0 spiro atoms. The summed E-state index contributed by atoms with van der Waals surface area (Å²) < 4.78 is 0.987. The molecule has 4 heteroatoms. The zero-order chi connectivity index (χ0) is 12.3. The van der Waals surface area contributed by atoms with Crippen molar-refractivity contribution in [1.82, 2.24) is 5.32 Å². The molecule has 0 aliphatic heterocycles. The van der Waals surface area contributed by atoms with Crippen LogP contribution in [0.5, 0.6) is 0 Å². The van der Waals surface area contributed by atoms with E-state index in [4.69, 9.17) is 0 Å². The van der Waals surface area contributed by atoms with Gasteiger partial charge in [0.2, 0.25) is 0 Å². The molecule has 90 valence electrons. The van der Waals surface area contributed by atoms with E-state index < -0.39 is 0 Å². The Balaban J connectivity index is 2.54. The highest BCUT2D eigenvalue weighted by atomic mass is 79.9. The molecule has 1 amide bonds. The van der Waals surface area contributed by atoms with Crippen LogP contribution in [-0.4, -0.2) is 12.5 Å². The summed E-state index contributed by atoms with van der Waals surface area (Å²) in [6, 6.07) is 3.74. The monoisotopic (exact) mass is 303 g/mol. The molecule has 0 saturated heterocycles. The first kappa shape index (κ1) is 13.7. The normalized spacial score (nSPS) is 11.9. The van der Waals surface area contributed by atoms with Gasteiger partial charge in [-0.05, 0) is 39.4 Å². The average molecular weight is 304 g/mol. The fourth-order valence-electron chi connectivity index (χ4n) is 1.04. The van der Waals surface area contributed by atoms with E-state index in [0.29, 0.717) is 12.5 Å². The van der Waals surface area contributed by atoms with Gasteiger partial charge in [0.15, 0.2) is 0 Å². The number of carbonyl (C=O) groups is 1. The number of rotatable bonds is 4. The van der Waals surface area contributed by atoms with Crippen molar-refractivity contribution < 1.29 is 4.79 Å². The molecule has 0 aliphatic rings. The van der Waals surface area contributed by atoms with Gasteiger partial charge in [0.1, 0.15) is 0 Å². The van der Waals surface area contributed by atoms with Gasteiger partial charge in [0, 0.05) is 6.54 Å². The maximum atomic E-state index is 11.8. The van der Waals surface area contributed by atoms with Gasteiger partial charge in [-0.3, -0.25) is 4.79 Å². The Morgan fingerprint density at radius 3 is 2.56 bits per heavy atom. The topological polar surface area (TPSA) is 29.1 Å². The van der Waals surface area contributed by atoms with Crippen LogP contribution in [0.2, 0.25) is 0 Å². The molecular formula is C12H18BrNOS. The van der Waals surface area contributed by atoms with Crippen LogP contribution in [0, 0.1) is 11.3 Å². The maximum Gasteiger partial charge on any atom is 0.261 e. The lowest BCUT2D eigenvalue weighted by Gasteiger charge is -2.29. The van der Waals surface area contributed by atoms with Gasteiger partial charge in [-0.15, -0.1) is 11.3 Å². The van der Waals surface area contributed by atoms with E-state index in [0.717, 1.165) is 8.66 Å². The minimum Gasteiger partial charge on any atom is -0.351 e. The molecule has 0 atom stereocenters. The highest BCUT2D eigenvalue weighted by Gasteiger charge is 2.23.